The van der Waals surface area contributed by atoms with Crippen LogP contribution in [0.4, 0.5) is 0 Å². The number of hydrogen-bond donors (Lipinski definition) is 1. The minimum absolute atomic E-state index is 0.0208. The first-order valence-electron chi connectivity index (χ1n) is 8.31. The Balaban J connectivity index is 2.05. The number of aromatic nitrogens is 2. The molecule has 1 fully saturated rings. The van der Waals surface area contributed by atoms with Crippen LogP contribution in [-0.2, 0) is 6.54 Å². The first kappa shape index (κ1) is 16.8. The van der Waals surface area contributed by atoms with E-state index in [1.54, 1.807) is 6.20 Å². The fourth-order valence-electron chi connectivity index (χ4n) is 3.66. The molecule has 21 heavy (non-hydrogen) atoms. The highest BCUT2D eigenvalue weighted by Gasteiger charge is 2.33. The molecule has 0 saturated heterocycles. The second kappa shape index (κ2) is 6.70. The minimum Gasteiger partial charge on any atom is -0.322 e. The van der Waals surface area contributed by atoms with Crippen molar-refractivity contribution < 1.29 is 0 Å². The van der Waals surface area contributed by atoms with Crippen molar-refractivity contribution in [3.63, 3.8) is 0 Å². The van der Waals surface area contributed by atoms with Gasteiger partial charge in [-0.2, -0.15) is 5.10 Å². The van der Waals surface area contributed by atoms with Crippen molar-refractivity contribution in [1.29, 1.82) is 0 Å². The molecule has 3 nitrogen and oxygen atoms in total. The number of aryl methyl sites for hydroxylation is 1. The molecule has 0 spiro atoms. The van der Waals surface area contributed by atoms with E-state index in [9.17, 15) is 0 Å². The summed E-state index contributed by atoms with van der Waals surface area (Å²) in [6.45, 7) is 10.1. The van der Waals surface area contributed by atoms with Crippen LogP contribution in [0, 0.1) is 17.3 Å². The lowest BCUT2D eigenvalue weighted by atomic mass is 9.68. The molecule has 120 valence electrons. The van der Waals surface area contributed by atoms with Crippen molar-refractivity contribution in [2.75, 3.05) is 0 Å². The van der Waals surface area contributed by atoms with Gasteiger partial charge in [-0.25, -0.2) is 0 Å². The molecule has 2 N–H and O–H groups in total. The van der Waals surface area contributed by atoms with E-state index in [1.807, 2.05) is 4.68 Å². The number of nitrogens with zero attached hydrogens (tertiary/aromatic N) is 2. The average Bonchev–Trinajstić information content (AvgIpc) is 2.79. The number of halogens is 1. The normalized spacial score (nSPS) is 25.0. The van der Waals surface area contributed by atoms with Crippen molar-refractivity contribution in [2.45, 2.75) is 72.4 Å². The smallest absolute Gasteiger partial charge is 0.0834 e. The maximum atomic E-state index is 6.56. The van der Waals surface area contributed by atoms with Gasteiger partial charge in [-0.05, 0) is 49.4 Å². The Morgan fingerprint density at radius 3 is 2.48 bits per heavy atom. The van der Waals surface area contributed by atoms with Gasteiger partial charge in [0.25, 0.3) is 0 Å². The SMILES string of the molecule is CCCn1ncc(Cl)c1C(N)C1CCC(C(C)(C)C)CC1. The van der Waals surface area contributed by atoms with Gasteiger partial charge in [0.2, 0.25) is 0 Å². The van der Waals surface area contributed by atoms with Gasteiger partial charge in [0.15, 0.2) is 0 Å². The molecule has 0 bridgehead atoms. The molecule has 1 aliphatic carbocycles. The van der Waals surface area contributed by atoms with Crippen LogP contribution in [0.25, 0.3) is 0 Å². The summed E-state index contributed by atoms with van der Waals surface area (Å²) in [6, 6.07) is 0.0208. The number of rotatable bonds is 4. The van der Waals surface area contributed by atoms with Crippen molar-refractivity contribution >= 4 is 11.6 Å². The Hall–Kier alpha value is -0.540. The zero-order valence-electron chi connectivity index (χ0n) is 13.9. The van der Waals surface area contributed by atoms with Crippen LogP contribution in [0.3, 0.4) is 0 Å². The number of nitrogens with two attached hydrogens (primary N) is 1. The van der Waals surface area contributed by atoms with E-state index in [0.29, 0.717) is 11.3 Å². The van der Waals surface area contributed by atoms with Crippen LogP contribution in [0.2, 0.25) is 5.02 Å². The molecule has 1 heterocycles. The van der Waals surface area contributed by atoms with E-state index in [-0.39, 0.29) is 6.04 Å². The van der Waals surface area contributed by atoms with Crippen molar-refractivity contribution in [2.24, 2.45) is 23.0 Å². The van der Waals surface area contributed by atoms with Crippen LogP contribution < -0.4 is 5.73 Å². The molecule has 0 radical (unpaired) electrons. The van der Waals surface area contributed by atoms with Gasteiger partial charge in [-0.1, -0.05) is 39.3 Å². The second-order valence-electron chi connectivity index (χ2n) is 7.60. The predicted molar refractivity (Wildman–Crippen MR) is 89.4 cm³/mol. The predicted octanol–water partition coefficient (Wildman–Crippen LogP) is 4.80. The van der Waals surface area contributed by atoms with Crippen LogP contribution >= 0.6 is 11.6 Å². The van der Waals surface area contributed by atoms with Gasteiger partial charge in [0.05, 0.1) is 23.0 Å². The minimum atomic E-state index is 0.0208. The van der Waals surface area contributed by atoms with E-state index in [2.05, 4.69) is 32.8 Å². The van der Waals surface area contributed by atoms with E-state index >= 15 is 0 Å². The number of hydrogen-bond acceptors (Lipinski definition) is 2. The highest BCUT2D eigenvalue weighted by atomic mass is 35.5. The molecule has 1 saturated carbocycles. The topological polar surface area (TPSA) is 43.8 Å². The van der Waals surface area contributed by atoms with Crippen LogP contribution in [0.1, 0.15) is 71.5 Å². The Kier molecular flexibility index (Phi) is 5.37. The molecule has 1 aromatic heterocycles. The summed E-state index contributed by atoms with van der Waals surface area (Å²) in [6.07, 6.45) is 7.76. The lowest BCUT2D eigenvalue weighted by Crippen LogP contribution is -2.32. The average molecular weight is 312 g/mol. The van der Waals surface area contributed by atoms with Gasteiger partial charge < -0.3 is 5.73 Å². The maximum absolute atomic E-state index is 6.56. The quantitative estimate of drug-likeness (QED) is 0.868. The largest absolute Gasteiger partial charge is 0.322 e. The van der Waals surface area contributed by atoms with E-state index in [0.717, 1.165) is 29.6 Å². The summed E-state index contributed by atoms with van der Waals surface area (Å²) in [5, 5.41) is 5.11. The molecule has 0 aliphatic heterocycles. The third-order valence-corrected chi connectivity index (χ3v) is 5.38. The molecule has 0 amide bonds. The summed E-state index contributed by atoms with van der Waals surface area (Å²) in [4.78, 5) is 0. The lowest BCUT2D eigenvalue weighted by molar-refractivity contribution is 0.138. The molecule has 1 aliphatic rings. The molecule has 1 atom stereocenters. The fourth-order valence-corrected chi connectivity index (χ4v) is 3.93. The summed E-state index contributed by atoms with van der Waals surface area (Å²) < 4.78 is 2.00. The molecular formula is C17H30ClN3. The van der Waals surface area contributed by atoms with Gasteiger partial charge in [-0.15, -0.1) is 0 Å². The first-order chi connectivity index (χ1) is 9.84. The summed E-state index contributed by atoms with van der Waals surface area (Å²) >= 11 is 6.33. The van der Waals surface area contributed by atoms with E-state index in [4.69, 9.17) is 17.3 Å². The fraction of sp³-hybridized carbons (Fsp3) is 0.824. The third kappa shape index (κ3) is 3.81. The van der Waals surface area contributed by atoms with Crippen molar-refractivity contribution in [3.05, 3.63) is 16.9 Å². The van der Waals surface area contributed by atoms with Gasteiger partial charge in [0, 0.05) is 6.54 Å². The van der Waals surface area contributed by atoms with Gasteiger partial charge >= 0.3 is 0 Å². The molecule has 1 aromatic rings. The van der Waals surface area contributed by atoms with Crippen LogP contribution in [0.15, 0.2) is 6.20 Å². The Labute approximate surface area is 134 Å². The molecular weight excluding hydrogens is 282 g/mol. The Morgan fingerprint density at radius 2 is 1.95 bits per heavy atom. The summed E-state index contributed by atoms with van der Waals surface area (Å²) in [7, 11) is 0. The van der Waals surface area contributed by atoms with Crippen molar-refractivity contribution in [1.82, 2.24) is 9.78 Å². The monoisotopic (exact) mass is 311 g/mol. The van der Waals surface area contributed by atoms with E-state index < -0.39 is 0 Å². The summed E-state index contributed by atoms with van der Waals surface area (Å²) in [5.74, 6) is 1.35. The lowest BCUT2D eigenvalue weighted by Gasteiger charge is -2.38. The van der Waals surface area contributed by atoms with Gasteiger partial charge in [-0.3, -0.25) is 4.68 Å². The third-order valence-electron chi connectivity index (χ3n) is 5.09. The standard InChI is InChI=1S/C17H30ClN3/c1-5-10-21-16(14(18)11-20-21)15(19)12-6-8-13(9-7-12)17(2,3)4/h11-13,15H,5-10,19H2,1-4H3. The Morgan fingerprint density at radius 1 is 1.33 bits per heavy atom. The van der Waals surface area contributed by atoms with Crippen molar-refractivity contribution in [3.8, 4) is 0 Å². The highest BCUT2D eigenvalue weighted by Crippen LogP contribution is 2.43. The van der Waals surface area contributed by atoms with Gasteiger partial charge in [0.1, 0.15) is 0 Å². The molecule has 4 heteroatoms. The summed E-state index contributed by atoms with van der Waals surface area (Å²) in [5.41, 5.74) is 8.01. The van der Waals surface area contributed by atoms with E-state index in [1.165, 1.54) is 25.7 Å². The van der Waals surface area contributed by atoms with Crippen LogP contribution in [-0.4, -0.2) is 9.78 Å². The second-order valence-corrected chi connectivity index (χ2v) is 8.01. The molecule has 2 rings (SSSR count). The highest BCUT2D eigenvalue weighted by molar-refractivity contribution is 6.31. The maximum Gasteiger partial charge on any atom is 0.0834 e. The molecule has 1 unspecified atom stereocenters. The Bertz CT molecular complexity index is 453. The molecule has 0 aromatic carbocycles. The zero-order valence-corrected chi connectivity index (χ0v) is 14.7. The first-order valence-corrected chi connectivity index (χ1v) is 8.69. The zero-order chi connectivity index (χ0) is 15.6. The van der Waals surface area contributed by atoms with Crippen LogP contribution in [0.5, 0.6) is 0 Å².